The van der Waals surface area contributed by atoms with Crippen LogP contribution in [0.1, 0.15) is 34.7 Å². The first kappa shape index (κ1) is 13.0. The summed E-state index contributed by atoms with van der Waals surface area (Å²) in [6, 6.07) is 1.32. The number of aromatic carboxylic acids is 1. The third kappa shape index (κ3) is 3.17. The summed E-state index contributed by atoms with van der Waals surface area (Å²) in [6.07, 6.45) is 1.16. The minimum absolute atomic E-state index is 0.0607. The molecule has 6 heteroatoms. The van der Waals surface area contributed by atoms with Crippen LogP contribution in [0, 0.1) is 0 Å². The van der Waals surface area contributed by atoms with E-state index in [0.717, 1.165) is 6.20 Å². The molecular formula is C11H13NO5. The average molecular weight is 239 g/mol. The molecule has 6 nitrogen and oxygen atoms in total. The minimum atomic E-state index is -1.20. The number of nitrogens with zero attached hydrogens (tertiary/aromatic N) is 1. The normalized spacial score (nSPS) is 9.76. The van der Waals surface area contributed by atoms with Crippen LogP contribution in [0.25, 0.3) is 0 Å². The highest BCUT2D eigenvalue weighted by Gasteiger charge is 2.17. The fraction of sp³-hybridized carbons (Fsp3) is 0.364. The lowest BCUT2D eigenvalue weighted by Gasteiger charge is -2.08. The molecule has 0 aromatic carbocycles. The summed E-state index contributed by atoms with van der Waals surface area (Å²) >= 11 is 0. The molecule has 17 heavy (non-hydrogen) atoms. The maximum absolute atomic E-state index is 11.4. The van der Waals surface area contributed by atoms with Gasteiger partial charge in [-0.2, -0.15) is 0 Å². The Morgan fingerprint density at radius 1 is 1.35 bits per heavy atom. The van der Waals surface area contributed by atoms with E-state index < -0.39 is 11.9 Å². The summed E-state index contributed by atoms with van der Waals surface area (Å²) in [5.41, 5.74) is -0.0554. The van der Waals surface area contributed by atoms with E-state index in [1.54, 1.807) is 13.8 Å². The van der Waals surface area contributed by atoms with Crippen molar-refractivity contribution in [2.75, 3.05) is 13.2 Å². The van der Waals surface area contributed by atoms with Gasteiger partial charge in [0, 0.05) is 6.20 Å². The van der Waals surface area contributed by atoms with Crippen LogP contribution in [-0.2, 0) is 4.74 Å². The minimum Gasteiger partial charge on any atom is -0.491 e. The molecule has 0 unspecified atom stereocenters. The quantitative estimate of drug-likeness (QED) is 0.780. The van der Waals surface area contributed by atoms with Crippen LogP contribution in [0.2, 0.25) is 0 Å². The van der Waals surface area contributed by atoms with Crippen LogP contribution in [0.4, 0.5) is 0 Å². The lowest BCUT2D eigenvalue weighted by atomic mass is 10.2. The molecule has 1 N–H and O–H groups in total. The zero-order valence-corrected chi connectivity index (χ0v) is 9.60. The number of aromatic nitrogens is 1. The fourth-order valence-corrected chi connectivity index (χ4v) is 1.20. The summed E-state index contributed by atoms with van der Waals surface area (Å²) in [4.78, 5) is 25.9. The molecule has 0 bridgehead atoms. The maximum Gasteiger partial charge on any atom is 0.358 e. The van der Waals surface area contributed by atoms with Crippen molar-refractivity contribution in [1.82, 2.24) is 4.98 Å². The fourth-order valence-electron chi connectivity index (χ4n) is 1.20. The highest BCUT2D eigenvalue weighted by atomic mass is 16.5. The van der Waals surface area contributed by atoms with Crippen molar-refractivity contribution in [3.8, 4) is 5.75 Å². The van der Waals surface area contributed by atoms with Crippen molar-refractivity contribution in [3.63, 3.8) is 0 Å². The lowest BCUT2D eigenvalue weighted by molar-refractivity contribution is 0.0523. The zero-order chi connectivity index (χ0) is 12.8. The van der Waals surface area contributed by atoms with Gasteiger partial charge in [-0.05, 0) is 19.9 Å². The standard InChI is InChI=1S/C11H13NO5/c1-3-16-8-5-7(11(15)17-4-2)6-12-9(8)10(13)14/h5-6H,3-4H2,1-2H3,(H,13,14). The second-order valence-electron chi connectivity index (χ2n) is 3.03. The number of pyridine rings is 1. The molecule has 0 atom stereocenters. The number of hydrogen-bond donors (Lipinski definition) is 1. The first-order valence-corrected chi connectivity index (χ1v) is 5.13. The topological polar surface area (TPSA) is 85.7 Å². The highest BCUT2D eigenvalue weighted by Crippen LogP contribution is 2.18. The molecule has 0 spiro atoms. The highest BCUT2D eigenvalue weighted by molar-refractivity contribution is 5.93. The van der Waals surface area contributed by atoms with Gasteiger partial charge in [-0.25, -0.2) is 14.6 Å². The van der Waals surface area contributed by atoms with Crippen LogP contribution in [0.5, 0.6) is 5.75 Å². The molecule has 1 aromatic rings. The number of carbonyl (C=O) groups excluding carboxylic acids is 1. The van der Waals surface area contributed by atoms with Crippen LogP contribution >= 0.6 is 0 Å². The van der Waals surface area contributed by atoms with Crippen molar-refractivity contribution in [2.24, 2.45) is 0 Å². The molecule has 0 radical (unpaired) electrons. The number of hydrogen-bond acceptors (Lipinski definition) is 5. The molecule has 0 aliphatic rings. The summed E-state index contributed by atoms with van der Waals surface area (Å²) in [5, 5.41) is 8.87. The van der Waals surface area contributed by atoms with Crippen molar-refractivity contribution in [3.05, 3.63) is 23.5 Å². The zero-order valence-electron chi connectivity index (χ0n) is 9.60. The molecule has 92 valence electrons. The van der Waals surface area contributed by atoms with Gasteiger partial charge in [0.05, 0.1) is 18.8 Å². The van der Waals surface area contributed by atoms with Gasteiger partial charge >= 0.3 is 11.9 Å². The van der Waals surface area contributed by atoms with Crippen LogP contribution in [0.15, 0.2) is 12.3 Å². The Hall–Kier alpha value is -2.11. The molecule has 1 heterocycles. The maximum atomic E-state index is 11.4. The Kier molecular flexibility index (Phi) is 4.45. The summed E-state index contributed by atoms with van der Waals surface area (Å²) in [6.45, 7) is 3.92. The summed E-state index contributed by atoms with van der Waals surface area (Å²) in [5.74, 6) is -1.70. The number of carbonyl (C=O) groups is 2. The molecule has 0 aliphatic carbocycles. The Labute approximate surface area is 98.2 Å². The first-order chi connectivity index (χ1) is 8.10. The van der Waals surface area contributed by atoms with Gasteiger partial charge in [0.2, 0.25) is 0 Å². The van der Waals surface area contributed by atoms with E-state index in [0.29, 0.717) is 0 Å². The van der Waals surface area contributed by atoms with E-state index in [4.69, 9.17) is 14.6 Å². The Balaban J connectivity index is 3.09. The van der Waals surface area contributed by atoms with Gasteiger partial charge in [0.15, 0.2) is 11.4 Å². The van der Waals surface area contributed by atoms with Gasteiger partial charge in [-0.1, -0.05) is 0 Å². The predicted molar refractivity (Wildman–Crippen MR) is 58.3 cm³/mol. The average Bonchev–Trinajstić information content (AvgIpc) is 2.29. The summed E-state index contributed by atoms with van der Waals surface area (Å²) in [7, 11) is 0. The van der Waals surface area contributed by atoms with Crippen LogP contribution in [0.3, 0.4) is 0 Å². The van der Waals surface area contributed by atoms with E-state index in [-0.39, 0.29) is 30.2 Å². The molecule has 1 aromatic heterocycles. The SMILES string of the molecule is CCOC(=O)c1cnc(C(=O)O)c(OCC)c1. The van der Waals surface area contributed by atoms with E-state index >= 15 is 0 Å². The predicted octanol–water partition coefficient (Wildman–Crippen LogP) is 1.36. The van der Waals surface area contributed by atoms with Gasteiger partial charge in [-0.15, -0.1) is 0 Å². The Morgan fingerprint density at radius 2 is 2.06 bits per heavy atom. The largest absolute Gasteiger partial charge is 0.491 e. The van der Waals surface area contributed by atoms with Gasteiger partial charge in [0.25, 0.3) is 0 Å². The molecule has 0 amide bonds. The van der Waals surface area contributed by atoms with Crippen molar-refractivity contribution >= 4 is 11.9 Å². The van der Waals surface area contributed by atoms with Gasteiger partial charge in [0.1, 0.15) is 0 Å². The van der Waals surface area contributed by atoms with Crippen LogP contribution in [-0.4, -0.2) is 35.2 Å². The van der Waals surface area contributed by atoms with E-state index in [1.165, 1.54) is 6.07 Å². The van der Waals surface area contributed by atoms with E-state index in [1.807, 2.05) is 0 Å². The smallest absolute Gasteiger partial charge is 0.358 e. The molecule has 0 fully saturated rings. The first-order valence-electron chi connectivity index (χ1n) is 5.13. The number of ether oxygens (including phenoxy) is 2. The van der Waals surface area contributed by atoms with Gasteiger partial charge < -0.3 is 14.6 Å². The third-order valence-electron chi connectivity index (χ3n) is 1.87. The Morgan fingerprint density at radius 3 is 2.59 bits per heavy atom. The number of carboxylic acid groups (broad SMARTS) is 1. The van der Waals surface area contributed by atoms with Crippen LogP contribution < -0.4 is 4.74 Å². The third-order valence-corrected chi connectivity index (χ3v) is 1.87. The number of carboxylic acids is 1. The van der Waals surface area contributed by atoms with E-state index in [9.17, 15) is 9.59 Å². The molecular weight excluding hydrogens is 226 g/mol. The number of rotatable bonds is 5. The van der Waals surface area contributed by atoms with E-state index in [2.05, 4.69) is 4.98 Å². The second-order valence-corrected chi connectivity index (χ2v) is 3.03. The number of esters is 1. The van der Waals surface area contributed by atoms with Crippen molar-refractivity contribution in [1.29, 1.82) is 0 Å². The molecule has 0 saturated carbocycles. The van der Waals surface area contributed by atoms with Gasteiger partial charge in [-0.3, -0.25) is 0 Å². The molecule has 1 rings (SSSR count). The molecule has 0 aliphatic heterocycles. The van der Waals surface area contributed by atoms with Crippen molar-refractivity contribution in [2.45, 2.75) is 13.8 Å². The van der Waals surface area contributed by atoms with Crippen molar-refractivity contribution < 1.29 is 24.2 Å². The monoisotopic (exact) mass is 239 g/mol. The lowest BCUT2D eigenvalue weighted by Crippen LogP contribution is -2.10. The molecule has 0 saturated heterocycles. The second kappa shape index (κ2) is 5.83. The summed E-state index contributed by atoms with van der Waals surface area (Å²) < 4.78 is 9.90. The Bertz CT molecular complexity index is 430.